The van der Waals surface area contributed by atoms with Gasteiger partial charge in [0, 0.05) is 5.41 Å². The predicted octanol–water partition coefficient (Wildman–Crippen LogP) is 2.89. The van der Waals surface area contributed by atoms with E-state index in [1.807, 2.05) is 25.1 Å². The van der Waals surface area contributed by atoms with Crippen LogP contribution in [0.15, 0.2) is 30.3 Å². The molecule has 2 atom stereocenters. The van der Waals surface area contributed by atoms with Crippen molar-refractivity contribution in [3.63, 3.8) is 0 Å². The fourth-order valence-corrected chi connectivity index (χ4v) is 2.86. The van der Waals surface area contributed by atoms with E-state index in [1.165, 1.54) is 0 Å². The molecule has 3 nitrogen and oxygen atoms in total. The molecule has 1 saturated heterocycles. The molecule has 1 aliphatic rings. The molecule has 2 N–H and O–H groups in total. The molecule has 110 valence electrons. The first-order chi connectivity index (χ1) is 9.51. The van der Waals surface area contributed by atoms with E-state index in [-0.39, 0.29) is 17.4 Å². The minimum Gasteiger partial charge on any atom is -0.349 e. The van der Waals surface area contributed by atoms with Crippen LogP contribution in [0.5, 0.6) is 0 Å². The zero-order valence-electron chi connectivity index (χ0n) is 12.8. The monoisotopic (exact) mass is 274 g/mol. The minimum absolute atomic E-state index is 0.0551. The normalized spacial score (nSPS) is 21.2. The molecule has 0 radical (unpaired) electrons. The first-order valence-corrected chi connectivity index (χ1v) is 7.58. The lowest BCUT2D eigenvalue weighted by atomic mass is 9.74. The van der Waals surface area contributed by atoms with Crippen LogP contribution in [0.25, 0.3) is 0 Å². The molecule has 0 spiro atoms. The van der Waals surface area contributed by atoms with Crippen molar-refractivity contribution >= 4 is 5.91 Å². The highest BCUT2D eigenvalue weighted by molar-refractivity contribution is 5.82. The van der Waals surface area contributed by atoms with Gasteiger partial charge in [-0.3, -0.25) is 4.79 Å². The van der Waals surface area contributed by atoms with Crippen LogP contribution in [0.3, 0.4) is 0 Å². The maximum Gasteiger partial charge on any atom is 0.226 e. The Morgan fingerprint density at radius 3 is 2.65 bits per heavy atom. The molecule has 3 heteroatoms. The first-order valence-electron chi connectivity index (χ1n) is 7.58. The van der Waals surface area contributed by atoms with Gasteiger partial charge in [-0.25, -0.2) is 0 Å². The van der Waals surface area contributed by atoms with Crippen LogP contribution in [0, 0.1) is 11.3 Å². The van der Waals surface area contributed by atoms with Gasteiger partial charge in [-0.1, -0.05) is 44.2 Å². The van der Waals surface area contributed by atoms with Gasteiger partial charge in [0.05, 0.1) is 6.04 Å². The average molecular weight is 274 g/mol. The van der Waals surface area contributed by atoms with Crippen molar-refractivity contribution < 1.29 is 4.79 Å². The molecule has 1 aromatic carbocycles. The number of amides is 1. The fraction of sp³-hybridized carbons (Fsp3) is 0.588. The van der Waals surface area contributed by atoms with Crippen LogP contribution in [0.4, 0.5) is 0 Å². The quantitative estimate of drug-likeness (QED) is 0.886. The van der Waals surface area contributed by atoms with E-state index in [4.69, 9.17) is 0 Å². The number of rotatable bonds is 4. The summed E-state index contributed by atoms with van der Waals surface area (Å²) in [4.78, 5) is 12.6. The van der Waals surface area contributed by atoms with E-state index in [2.05, 4.69) is 36.6 Å². The molecule has 0 aliphatic carbocycles. The number of hydrogen-bond acceptors (Lipinski definition) is 2. The van der Waals surface area contributed by atoms with E-state index < -0.39 is 0 Å². The third-order valence-electron chi connectivity index (χ3n) is 4.55. The zero-order valence-corrected chi connectivity index (χ0v) is 12.8. The van der Waals surface area contributed by atoms with Crippen LogP contribution >= 0.6 is 0 Å². The van der Waals surface area contributed by atoms with Crippen LogP contribution < -0.4 is 10.6 Å². The molecule has 1 aliphatic heterocycles. The van der Waals surface area contributed by atoms with Crippen molar-refractivity contribution in [3.05, 3.63) is 35.9 Å². The SMILES string of the molecule is CC(NC(=O)C(C)(C)C1CCCNC1)c1ccccc1. The number of piperidine rings is 1. The summed E-state index contributed by atoms with van der Waals surface area (Å²) in [6.07, 6.45) is 2.29. The van der Waals surface area contributed by atoms with Crippen molar-refractivity contribution in [1.29, 1.82) is 0 Å². The van der Waals surface area contributed by atoms with Crippen molar-refractivity contribution in [2.45, 2.75) is 39.7 Å². The third-order valence-corrected chi connectivity index (χ3v) is 4.55. The largest absolute Gasteiger partial charge is 0.349 e. The minimum atomic E-state index is -0.323. The second-order valence-electron chi connectivity index (χ2n) is 6.37. The maximum atomic E-state index is 12.6. The summed E-state index contributed by atoms with van der Waals surface area (Å²) in [5, 5.41) is 6.57. The zero-order chi connectivity index (χ0) is 14.6. The Balaban J connectivity index is 1.99. The molecule has 1 amide bonds. The number of carbonyl (C=O) groups is 1. The molecule has 0 saturated carbocycles. The van der Waals surface area contributed by atoms with Crippen LogP contribution in [-0.2, 0) is 4.79 Å². The molecule has 2 rings (SSSR count). The summed E-state index contributed by atoms with van der Waals surface area (Å²) < 4.78 is 0. The van der Waals surface area contributed by atoms with Crippen molar-refractivity contribution in [2.75, 3.05) is 13.1 Å². The lowest BCUT2D eigenvalue weighted by Crippen LogP contribution is -2.47. The molecule has 1 aromatic rings. The van der Waals surface area contributed by atoms with Gasteiger partial charge in [-0.2, -0.15) is 0 Å². The average Bonchev–Trinajstić information content (AvgIpc) is 2.49. The van der Waals surface area contributed by atoms with E-state index in [1.54, 1.807) is 0 Å². The summed E-state index contributed by atoms with van der Waals surface area (Å²) >= 11 is 0. The van der Waals surface area contributed by atoms with Gasteiger partial charge >= 0.3 is 0 Å². The van der Waals surface area contributed by atoms with Crippen LogP contribution in [-0.4, -0.2) is 19.0 Å². The second-order valence-corrected chi connectivity index (χ2v) is 6.37. The van der Waals surface area contributed by atoms with E-state index in [9.17, 15) is 4.79 Å². The highest BCUT2D eigenvalue weighted by Gasteiger charge is 2.37. The van der Waals surface area contributed by atoms with Crippen LogP contribution in [0.2, 0.25) is 0 Å². The van der Waals surface area contributed by atoms with Gasteiger partial charge in [-0.05, 0) is 44.3 Å². The number of hydrogen-bond donors (Lipinski definition) is 2. The van der Waals surface area contributed by atoms with Crippen LogP contribution in [0.1, 0.15) is 45.2 Å². The van der Waals surface area contributed by atoms with Gasteiger partial charge in [0.2, 0.25) is 5.91 Å². The Bertz CT molecular complexity index is 436. The Labute approximate surface area is 122 Å². The second kappa shape index (κ2) is 6.40. The third kappa shape index (κ3) is 3.40. The molecule has 1 heterocycles. The molecule has 0 bridgehead atoms. The Hall–Kier alpha value is -1.35. The van der Waals surface area contributed by atoms with E-state index in [0.717, 1.165) is 31.5 Å². The molecule has 0 aromatic heterocycles. The lowest BCUT2D eigenvalue weighted by Gasteiger charge is -2.36. The van der Waals surface area contributed by atoms with E-state index >= 15 is 0 Å². The highest BCUT2D eigenvalue weighted by atomic mass is 16.2. The van der Waals surface area contributed by atoms with Crippen molar-refractivity contribution in [3.8, 4) is 0 Å². The Kier molecular flexibility index (Phi) is 4.81. The van der Waals surface area contributed by atoms with Gasteiger partial charge in [-0.15, -0.1) is 0 Å². The predicted molar refractivity (Wildman–Crippen MR) is 82.4 cm³/mol. The smallest absolute Gasteiger partial charge is 0.226 e. The molecular weight excluding hydrogens is 248 g/mol. The number of benzene rings is 1. The topological polar surface area (TPSA) is 41.1 Å². The Morgan fingerprint density at radius 2 is 2.05 bits per heavy atom. The molecular formula is C17H26N2O. The highest BCUT2D eigenvalue weighted by Crippen LogP contribution is 2.32. The number of nitrogens with one attached hydrogen (secondary N) is 2. The summed E-state index contributed by atoms with van der Waals surface area (Å²) in [6.45, 7) is 8.20. The van der Waals surface area contributed by atoms with Gasteiger partial charge in [0.15, 0.2) is 0 Å². The van der Waals surface area contributed by atoms with E-state index in [0.29, 0.717) is 5.92 Å². The summed E-state index contributed by atoms with van der Waals surface area (Å²) in [7, 11) is 0. The summed E-state index contributed by atoms with van der Waals surface area (Å²) in [6, 6.07) is 10.2. The molecule has 2 unspecified atom stereocenters. The van der Waals surface area contributed by atoms with Gasteiger partial charge in [0.1, 0.15) is 0 Å². The summed E-state index contributed by atoms with van der Waals surface area (Å²) in [5.41, 5.74) is 0.828. The molecule has 20 heavy (non-hydrogen) atoms. The fourth-order valence-electron chi connectivity index (χ4n) is 2.86. The number of carbonyl (C=O) groups excluding carboxylic acids is 1. The standard InChI is InChI=1S/C17H26N2O/c1-13(14-8-5-4-6-9-14)19-16(20)17(2,3)15-10-7-11-18-12-15/h4-6,8-9,13,15,18H,7,10-12H2,1-3H3,(H,19,20). The first kappa shape index (κ1) is 15.0. The van der Waals surface area contributed by atoms with Crippen molar-refractivity contribution in [2.24, 2.45) is 11.3 Å². The van der Waals surface area contributed by atoms with Gasteiger partial charge < -0.3 is 10.6 Å². The van der Waals surface area contributed by atoms with Crippen molar-refractivity contribution in [1.82, 2.24) is 10.6 Å². The van der Waals surface area contributed by atoms with Gasteiger partial charge in [0.25, 0.3) is 0 Å². The lowest BCUT2D eigenvalue weighted by molar-refractivity contribution is -0.133. The maximum absolute atomic E-state index is 12.6. The Morgan fingerprint density at radius 1 is 1.35 bits per heavy atom. The summed E-state index contributed by atoms with van der Waals surface area (Å²) in [5.74, 6) is 0.571. The molecule has 1 fully saturated rings.